The Bertz CT molecular complexity index is 783. The minimum absolute atomic E-state index is 0.0434. The Morgan fingerprint density at radius 2 is 1.95 bits per heavy atom. The number of hydrogen-bond donors (Lipinski definition) is 1. The smallest absolute Gasteiger partial charge is 0.225 e. The molecule has 3 aromatic rings. The number of fused-ring (bicyclic) bond motifs is 1. The van der Waals surface area contributed by atoms with Gasteiger partial charge >= 0.3 is 0 Å². The number of ketones is 1. The molecule has 2 aromatic heterocycles. The molecule has 0 bridgehead atoms. The molecule has 6 heteroatoms. The summed E-state index contributed by atoms with van der Waals surface area (Å²) in [7, 11) is 0. The predicted octanol–water partition coefficient (Wildman–Crippen LogP) is 4.29. The fourth-order valence-corrected chi connectivity index (χ4v) is 2.83. The second kappa shape index (κ2) is 5.19. The molecule has 0 saturated heterocycles. The van der Waals surface area contributed by atoms with E-state index in [1.165, 1.54) is 11.3 Å². The first-order valence-electron chi connectivity index (χ1n) is 5.92. The van der Waals surface area contributed by atoms with Crippen molar-refractivity contribution in [2.24, 2.45) is 0 Å². The van der Waals surface area contributed by atoms with Crippen LogP contribution in [0.5, 0.6) is 0 Å². The molecular formula is C14H10ClN3OS. The summed E-state index contributed by atoms with van der Waals surface area (Å²) < 4.78 is 0. The van der Waals surface area contributed by atoms with Crippen molar-refractivity contribution >= 4 is 50.4 Å². The Hall–Kier alpha value is -1.98. The first-order chi connectivity index (χ1) is 9.63. The van der Waals surface area contributed by atoms with Crippen LogP contribution in [0.15, 0.2) is 35.7 Å². The molecular weight excluding hydrogens is 294 g/mol. The number of thiophene rings is 1. The third-order valence-corrected chi connectivity index (χ3v) is 3.83. The molecule has 100 valence electrons. The first kappa shape index (κ1) is 13.0. The molecule has 1 N–H and O–H groups in total. The van der Waals surface area contributed by atoms with Crippen molar-refractivity contribution in [3.8, 4) is 0 Å². The summed E-state index contributed by atoms with van der Waals surface area (Å²) in [4.78, 5) is 20.5. The number of nitrogens with zero attached hydrogens (tertiary/aromatic N) is 2. The van der Waals surface area contributed by atoms with E-state index in [1.807, 2.05) is 23.6 Å². The van der Waals surface area contributed by atoms with Crippen molar-refractivity contribution in [2.45, 2.75) is 6.92 Å². The van der Waals surface area contributed by atoms with E-state index in [0.29, 0.717) is 11.4 Å². The van der Waals surface area contributed by atoms with Gasteiger partial charge in [0.15, 0.2) is 5.78 Å². The van der Waals surface area contributed by atoms with E-state index in [2.05, 4.69) is 15.3 Å². The van der Waals surface area contributed by atoms with Gasteiger partial charge in [-0.3, -0.25) is 4.79 Å². The van der Waals surface area contributed by atoms with Crippen molar-refractivity contribution in [2.75, 3.05) is 5.32 Å². The van der Waals surface area contributed by atoms with Crippen LogP contribution in [-0.4, -0.2) is 15.8 Å². The Morgan fingerprint density at radius 3 is 2.65 bits per heavy atom. The summed E-state index contributed by atoms with van der Waals surface area (Å²) >= 11 is 7.43. The maximum atomic E-state index is 11.2. The van der Waals surface area contributed by atoms with Crippen LogP contribution in [0, 0.1) is 0 Å². The molecule has 20 heavy (non-hydrogen) atoms. The first-order valence-corrected chi connectivity index (χ1v) is 7.18. The highest BCUT2D eigenvalue weighted by Crippen LogP contribution is 2.28. The Morgan fingerprint density at radius 1 is 1.20 bits per heavy atom. The number of halogens is 1. The van der Waals surface area contributed by atoms with E-state index in [9.17, 15) is 4.79 Å². The van der Waals surface area contributed by atoms with E-state index in [-0.39, 0.29) is 11.1 Å². The normalized spacial score (nSPS) is 10.7. The maximum absolute atomic E-state index is 11.2. The van der Waals surface area contributed by atoms with Gasteiger partial charge in [-0.15, -0.1) is 11.3 Å². The van der Waals surface area contributed by atoms with E-state index in [4.69, 9.17) is 11.6 Å². The van der Waals surface area contributed by atoms with Gasteiger partial charge in [-0.2, -0.15) is 4.98 Å². The Balaban J connectivity index is 1.96. The number of nitrogens with one attached hydrogen (secondary N) is 1. The van der Waals surface area contributed by atoms with E-state index >= 15 is 0 Å². The number of carbonyl (C=O) groups excluding carboxylic acids is 1. The lowest BCUT2D eigenvalue weighted by atomic mass is 10.1. The lowest BCUT2D eigenvalue weighted by Crippen LogP contribution is -1.97. The highest BCUT2D eigenvalue weighted by atomic mass is 35.5. The summed E-state index contributed by atoms with van der Waals surface area (Å²) in [6.45, 7) is 1.54. The number of hydrogen-bond acceptors (Lipinski definition) is 5. The standard InChI is InChI=1S/C14H10ClN3OS/c1-8(19)9-2-4-10(5-3-9)16-12-11-6-7-20-13(11)18-14(15)17-12/h2-7H,1H3,(H,16,17,18). The maximum Gasteiger partial charge on any atom is 0.225 e. The van der Waals surface area contributed by atoms with Crippen LogP contribution in [-0.2, 0) is 0 Å². The summed E-state index contributed by atoms with van der Waals surface area (Å²) in [6.07, 6.45) is 0. The van der Waals surface area contributed by atoms with Crippen LogP contribution in [0.2, 0.25) is 5.28 Å². The van der Waals surface area contributed by atoms with Crippen molar-refractivity contribution in [3.05, 3.63) is 46.6 Å². The largest absolute Gasteiger partial charge is 0.340 e. The molecule has 0 fully saturated rings. The predicted molar refractivity (Wildman–Crippen MR) is 82.2 cm³/mol. The molecule has 2 heterocycles. The lowest BCUT2D eigenvalue weighted by Gasteiger charge is -2.07. The molecule has 3 rings (SSSR count). The molecule has 0 amide bonds. The molecule has 0 aliphatic rings. The molecule has 0 saturated carbocycles. The topological polar surface area (TPSA) is 54.9 Å². The molecule has 0 aliphatic heterocycles. The fraction of sp³-hybridized carbons (Fsp3) is 0.0714. The van der Waals surface area contributed by atoms with Crippen molar-refractivity contribution < 1.29 is 4.79 Å². The zero-order chi connectivity index (χ0) is 14.1. The summed E-state index contributed by atoms with van der Waals surface area (Å²) in [5, 5.41) is 6.28. The highest BCUT2D eigenvalue weighted by molar-refractivity contribution is 7.16. The summed E-state index contributed by atoms with van der Waals surface area (Å²) in [6, 6.07) is 9.18. The quantitative estimate of drug-likeness (QED) is 0.579. The van der Waals surface area contributed by atoms with Gasteiger partial charge in [0, 0.05) is 11.3 Å². The van der Waals surface area contributed by atoms with Crippen molar-refractivity contribution in [3.63, 3.8) is 0 Å². The summed E-state index contributed by atoms with van der Waals surface area (Å²) in [5.74, 6) is 0.707. The van der Waals surface area contributed by atoms with Gasteiger partial charge in [0.05, 0.1) is 5.39 Å². The number of Topliss-reactive ketones (excluding diaryl/α,β-unsaturated/α-hetero) is 1. The van der Waals surface area contributed by atoms with Crippen LogP contribution in [0.1, 0.15) is 17.3 Å². The van der Waals surface area contributed by atoms with Crippen LogP contribution in [0.4, 0.5) is 11.5 Å². The number of benzene rings is 1. The SMILES string of the molecule is CC(=O)c1ccc(Nc2nc(Cl)nc3sccc23)cc1. The fourth-order valence-electron chi connectivity index (χ4n) is 1.85. The van der Waals surface area contributed by atoms with Crippen molar-refractivity contribution in [1.29, 1.82) is 0 Å². The zero-order valence-electron chi connectivity index (χ0n) is 10.6. The van der Waals surface area contributed by atoms with Crippen molar-refractivity contribution in [1.82, 2.24) is 9.97 Å². The van der Waals surface area contributed by atoms with Crippen LogP contribution in [0.25, 0.3) is 10.2 Å². The van der Waals surface area contributed by atoms with E-state index < -0.39 is 0 Å². The minimum atomic E-state index is 0.0434. The van der Waals surface area contributed by atoms with Crippen LogP contribution in [0.3, 0.4) is 0 Å². The summed E-state index contributed by atoms with van der Waals surface area (Å²) in [5.41, 5.74) is 1.52. The third-order valence-electron chi connectivity index (χ3n) is 2.85. The number of rotatable bonds is 3. The monoisotopic (exact) mass is 303 g/mol. The second-order valence-corrected chi connectivity index (χ2v) is 5.47. The van der Waals surface area contributed by atoms with Gasteiger partial charge in [0.25, 0.3) is 0 Å². The minimum Gasteiger partial charge on any atom is -0.340 e. The van der Waals surface area contributed by atoms with Gasteiger partial charge in [-0.25, -0.2) is 4.98 Å². The molecule has 0 radical (unpaired) electrons. The average molecular weight is 304 g/mol. The lowest BCUT2D eigenvalue weighted by molar-refractivity contribution is 0.101. The van der Waals surface area contributed by atoms with Gasteiger partial charge in [0.1, 0.15) is 10.6 Å². The van der Waals surface area contributed by atoms with Crippen LogP contribution >= 0.6 is 22.9 Å². The van der Waals surface area contributed by atoms with Crippen LogP contribution < -0.4 is 5.32 Å². The van der Waals surface area contributed by atoms with Gasteiger partial charge < -0.3 is 5.32 Å². The average Bonchev–Trinajstić information content (AvgIpc) is 2.87. The van der Waals surface area contributed by atoms with E-state index in [1.54, 1.807) is 19.1 Å². The zero-order valence-corrected chi connectivity index (χ0v) is 12.1. The number of carbonyl (C=O) groups is 1. The molecule has 1 aromatic carbocycles. The molecule has 4 nitrogen and oxygen atoms in total. The van der Waals surface area contributed by atoms with Gasteiger partial charge in [-0.1, -0.05) is 0 Å². The molecule has 0 unspecified atom stereocenters. The highest BCUT2D eigenvalue weighted by Gasteiger charge is 2.08. The third kappa shape index (κ3) is 2.50. The second-order valence-electron chi connectivity index (χ2n) is 4.24. The molecule has 0 spiro atoms. The number of aromatic nitrogens is 2. The number of anilines is 2. The van der Waals surface area contributed by atoms with Gasteiger partial charge in [0.2, 0.25) is 5.28 Å². The molecule has 0 atom stereocenters. The van der Waals surface area contributed by atoms with Gasteiger partial charge in [-0.05, 0) is 54.2 Å². The molecule has 0 aliphatic carbocycles. The van der Waals surface area contributed by atoms with E-state index in [0.717, 1.165) is 15.9 Å². The Kier molecular flexibility index (Phi) is 3.38. The Labute approximate surface area is 124 Å².